The number of amides is 4. The number of aromatic nitrogens is 1. The van der Waals surface area contributed by atoms with E-state index in [1.165, 1.54) is 0 Å². The second-order valence-corrected chi connectivity index (χ2v) is 9.06. The van der Waals surface area contributed by atoms with Gasteiger partial charge in [-0.2, -0.15) is 0 Å². The van der Waals surface area contributed by atoms with Crippen LogP contribution >= 0.6 is 23.1 Å². The molecule has 1 spiro atoms. The van der Waals surface area contributed by atoms with E-state index in [-0.39, 0.29) is 11.8 Å². The van der Waals surface area contributed by atoms with Crippen LogP contribution in [-0.2, 0) is 10.5 Å². The molecule has 2 aromatic rings. The highest BCUT2D eigenvalue weighted by molar-refractivity contribution is 7.98. The van der Waals surface area contributed by atoms with Crippen LogP contribution in [0.5, 0.6) is 0 Å². The van der Waals surface area contributed by atoms with E-state index < -0.39 is 11.6 Å². The lowest BCUT2D eigenvalue weighted by molar-refractivity contribution is -0.125. The molecule has 2 aliphatic rings. The third-order valence-corrected chi connectivity index (χ3v) is 6.94. The largest absolute Gasteiger partial charge is 0.338 e. The van der Waals surface area contributed by atoms with Crippen molar-refractivity contribution in [3.05, 3.63) is 45.9 Å². The standard InChI is InChI=1S/C19H20N4O3S2/c1-12-20-14(10-27-12)11-28-15-4-2-13(3-5-15)16(24)23-8-6-19(7-9-23)17(25)21-18(26)22-19/h2-5,10H,6-9,11H2,1H3,(H2,21,22,25,26). The Hall–Kier alpha value is -2.39. The number of likely N-dealkylation sites (tertiary alicyclic amines) is 1. The third kappa shape index (κ3) is 3.77. The van der Waals surface area contributed by atoms with Gasteiger partial charge >= 0.3 is 6.03 Å². The van der Waals surface area contributed by atoms with Gasteiger partial charge < -0.3 is 10.2 Å². The number of hydrogen-bond donors (Lipinski definition) is 2. The molecule has 4 rings (SSSR count). The van der Waals surface area contributed by atoms with Gasteiger partial charge in [0, 0.05) is 34.7 Å². The molecule has 2 N–H and O–H groups in total. The van der Waals surface area contributed by atoms with Crippen LogP contribution in [0.4, 0.5) is 4.79 Å². The number of nitrogens with one attached hydrogen (secondary N) is 2. The molecule has 1 aromatic heterocycles. The predicted octanol–water partition coefficient (Wildman–Crippen LogP) is 2.56. The molecule has 28 heavy (non-hydrogen) atoms. The number of imide groups is 1. The molecule has 0 unspecified atom stereocenters. The zero-order valence-electron chi connectivity index (χ0n) is 15.4. The summed E-state index contributed by atoms with van der Waals surface area (Å²) in [6.45, 7) is 2.87. The van der Waals surface area contributed by atoms with E-state index in [4.69, 9.17) is 0 Å². The molecule has 7 nitrogen and oxygen atoms in total. The molecule has 0 saturated carbocycles. The zero-order chi connectivity index (χ0) is 19.7. The van der Waals surface area contributed by atoms with Gasteiger partial charge in [-0.25, -0.2) is 9.78 Å². The highest BCUT2D eigenvalue weighted by atomic mass is 32.2. The highest BCUT2D eigenvalue weighted by Gasteiger charge is 2.48. The summed E-state index contributed by atoms with van der Waals surface area (Å²) < 4.78 is 0. The molecule has 2 saturated heterocycles. The second-order valence-electron chi connectivity index (χ2n) is 6.95. The van der Waals surface area contributed by atoms with E-state index in [9.17, 15) is 14.4 Å². The Balaban J connectivity index is 1.34. The van der Waals surface area contributed by atoms with Crippen molar-refractivity contribution < 1.29 is 14.4 Å². The number of rotatable bonds is 4. The molecule has 146 valence electrons. The van der Waals surface area contributed by atoms with E-state index in [2.05, 4.69) is 21.0 Å². The fourth-order valence-corrected chi connectivity index (χ4v) is 4.99. The van der Waals surface area contributed by atoms with E-state index in [0.29, 0.717) is 31.5 Å². The number of aryl methyl sites for hydroxylation is 1. The van der Waals surface area contributed by atoms with Crippen molar-refractivity contribution in [3.63, 3.8) is 0 Å². The topological polar surface area (TPSA) is 91.4 Å². The molecule has 0 bridgehead atoms. The van der Waals surface area contributed by atoms with Crippen LogP contribution in [0.3, 0.4) is 0 Å². The number of carbonyl (C=O) groups excluding carboxylic acids is 3. The lowest BCUT2D eigenvalue weighted by Gasteiger charge is -2.37. The molecular weight excluding hydrogens is 396 g/mol. The molecule has 4 amide bonds. The third-order valence-electron chi connectivity index (χ3n) is 5.07. The number of thioether (sulfide) groups is 1. The van der Waals surface area contributed by atoms with Gasteiger partial charge in [-0.3, -0.25) is 14.9 Å². The Labute approximate surface area is 170 Å². The summed E-state index contributed by atoms with van der Waals surface area (Å²) in [5.74, 6) is 0.465. The molecule has 2 fully saturated rings. The van der Waals surface area contributed by atoms with Gasteiger partial charge in [0.2, 0.25) is 0 Å². The molecule has 3 heterocycles. The average Bonchev–Trinajstić information content (AvgIpc) is 3.23. The van der Waals surface area contributed by atoms with Crippen molar-refractivity contribution in [1.29, 1.82) is 0 Å². The van der Waals surface area contributed by atoms with Gasteiger partial charge in [-0.05, 0) is 44.0 Å². The van der Waals surface area contributed by atoms with E-state index in [1.807, 2.05) is 31.2 Å². The lowest BCUT2D eigenvalue weighted by Crippen LogP contribution is -2.55. The minimum absolute atomic E-state index is 0.0498. The molecule has 0 aliphatic carbocycles. The average molecular weight is 417 g/mol. The summed E-state index contributed by atoms with van der Waals surface area (Å²) in [6, 6.07) is 7.13. The Bertz CT molecular complexity index is 918. The van der Waals surface area contributed by atoms with Crippen LogP contribution in [0.1, 0.15) is 33.9 Å². The molecular formula is C19H20N4O3S2. The predicted molar refractivity (Wildman–Crippen MR) is 107 cm³/mol. The van der Waals surface area contributed by atoms with Gasteiger partial charge in [0.25, 0.3) is 11.8 Å². The quantitative estimate of drug-likeness (QED) is 0.590. The van der Waals surface area contributed by atoms with Crippen molar-refractivity contribution in [3.8, 4) is 0 Å². The van der Waals surface area contributed by atoms with Crippen LogP contribution in [0.15, 0.2) is 34.5 Å². The molecule has 9 heteroatoms. The first-order valence-corrected chi connectivity index (χ1v) is 10.9. The lowest BCUT2D eigenvalue weighted by atomic mass is 9.87. The molecule has 2 aliphatic heterocycles. The number of benzene rings is 1. The minimum Gasteiger partial charge on any atom is -0.338 e. The Morgan fingerprint density at radius 1 is 1.25 bits per heavy atom. The first-order chi connectivity index (χ1) is 13.4. The van der Waals surface area contributed by atoms with Crippen LogP contribution in [0.25, 0.3) is 0 Å². The van der Waals surface area contributed by atoms with Crippen molar-refractivity contribution in [2.24, 2.45) is 0 Å². The summed E-state index contributed by atoms with van der Waals surface area (Å²) in [7, 11) is 0. The maximum absolute atomic E-state index is 12.8. The van der Waals surface area contributed by atoms with Crippen LogP contribution in [-0.4, -0.2) is 46.4 Å². The van der Waals surface area contributed by atoms with Gasteiger partial charge in [0.1, 0.15) is 5.54 Å². The highest BCUT2D eigenvalue weighted by Crippen LogP contribution is 2.27. The summed E-state index contributed by atoms with van der Waals surface area (Å²) in [4.78, 5) is 43.5. The first-order valence-electron chi connectivity index (χ1n) is 9.02. The van der Waals surface area contributed by atoms with Crippen LogP contribution in [0, 0.1) is 6.92 Å². The van der Waals surface area contributed by atoms with E-state index in [0.717, 1.165) is 21.3 Å². The number of piperidine rings is 1. The summed E-state index contributed by atoms with van der Waals surface area (Å²) in [6.07, 6.45) is 0.856. The minimum atomic E-state index is -0.859. The van der Waals surface area contributed by atoms with E-state index in [1.54, 1.807) is 28.0 Å². The SMILES string of the molecule is Cc1nc(CSc2ccc(C(=O)N3CCC4(CC3)NC(=O)NC4=O)cc2)cs1. The Morgan fingerprint density at radius 2 is 1.96 bits per heavy atom. The maximum atomic E-state index is 12.8. The van der Waals surface area contributed by atoms with Crippen molar-refractivity contribution in [1.82, 2.24) is 20.5 Å². The zero-order valence-corrected chi connectivity index (χ0v) is 17.0. The molecule has 0 radical (unpaired) electrons. The Kier molecular flexibility index (Phi) is 5.11. The fourth-order valence-electron chi connectivity index (χ4n) is 3.48. The van der Waals surface area contributed by atoms with E-state index >= 15 is 0 Å². The summed E-state index contributed by atoms with van der Waals surface area (Å²) >= 11 is 3.34. The van der Waals surface area contributed by atoms with Crippen molar-refractivity contribution in [2.45, 2.75) is 36.0 Å². The number of thiazole rings is 1. The van der Waals surface area contributed by atoms with Crippen LogP contribution in [0.2, 0.25) is 0 Å². The monoisotopic (exact) mass is 416 g/mol. The smallest absolute Gasteiger partial charge is 0.322 e. The van der Waals surface area contributed by atoms with Gasteiger partial charge in [0.05, 0.1) is 10.7 Å². The van der Waals surface area contributed by atoms with Crippen molar-refractivity contribution >= 4 is 40.9 Å². The maximum Gasteiger partial charge on any atom is 0.322 e. The van der Waals surface area contributed by atoms with Gasteiger partial charge in [-0.1, -0.05) is 0 Å². The number of urea groups is 1. The molecule has 1 aromatic carbocycles. The van der Waals surface area contributed by atoms with Crippen LogP contribution < -0.4 is 10.6 Å². The second kappa shape index (κ2) is 7.56. The normalized spacial score (nSPS) is 18.2. The number of carbonyl (C=O) groups is 3. The number of hydrogen-bond acceptors (Lipinski definition) is 6. The summed E-state index contributed by atoms with van der Waals surface area (Å²) in [5, 5.41) is 8.13. The molecule has 0 atom stereocenters. The van der Waals surface area contributed by atoms with Gasteiger partial charge in [-0.15, -0.1) is 23.1 Å². The number of nitrogens with zero attached hydrogens (tertiary/aromatic N) is 2. The summed E-state index contributed by atoms with van der Waals surface area (Å²) in [5.41, 5.74) is 0.838. The van der Waals surface area contributed by atoms with Crippen molar-refractivity contribution in [2.75, 3.05) is 13.1 Å². The fraction of sp³-hybridized carbons (Fsp3) is 0.368. The first kappa shape index (κ1) is 18.9. The Morgan fingerprint density at radius 3 is 2.54 bits per heavy atom. The van der Waals surface area contributed by atoms with Gasteiger partial charge in [0.15, 0.2) is 0 Å².